The summed E-state index contributed by atoms with van der Waals surface area (Å²) < 4.78 is 24.9. The minimum absolute atomic E-state index is 0.00363. The predicted molar refractivity (Wildman–Crippen MR) is 86.3 cm³/mol. The van der Waals surface area contributed by atoms with Crippen LogP contribution in [0.5, 0.6) is 0 Å². The van der Waals surface area contributed by atoms with Gasteiger partial charge in [-0.25, -0.2) is 13.1 Å². The minimum Gasteiger partial charge on any atom is -0.481 e. The van der Waals surface area contributed by atoms with Gasteiger partial charge in [0.15, 0.2) is 9.84 Å². The van der Waals surface area contributed by atoms with Crippen LogP contribution in [-0.4, -0.2) is 46.7 Å². The van der Waals surface area contributed by atoms with E-state index in [4.69, 9.17) is 0 Å². The Kier molecular flexibility index (Phi) is 3.74. The Balaban J connectivity index is 1.79. The molecular formula is C15H21N3O5S. The molecule has 1 saturated heterocycles. The summed E-state index contributed by atoms with van der Waals surface area (Å²) in [7, 11) is -3.07. The molecule has 0 bridgehead atoms. The fourth-order valence-electron chi connectivity index (χ4n) is 3.65. The SMILES string of the molecule is Cc1cc(NC(=O)[C@@H]2[C@H](C(=O)O)C2(C)C)n([C@@H]2CCS(=O)(=O)C2)n1. The lowest BCUT2D eigenvalue weighted by Gasteiger charge is -2.14. The summed E-state index contributed by atoms with van der Waals surface area (Å²) in [5, 5.41) is 16.2. The standard InChI is InChI=1S/C15H21N3O5S/c1-8-6-10(18(17-8)9-4-5-24(22,23)7-9)16-13(19)11-12(14(20)21)15(11,2)3/h6,9,11-12H,4-5,7H2,1-3H3,(H,16,19)(H,20,21)/t9-,11+,12-/m1/s1. The van der Waals surface area contributed by atoms with Crippen molar-refractivity contribution >= 4 is 27.5 Å². The van der Waals surface area contributed by atoms with Crippen molar-refractivity contribution in [2.24, 2.45) is 17.3 Å². The van der Waals surface area contributed by atoms with Crippen LogP contribution in [0.4, 0.5) is 5.82 Å². The maximum absolute atomic E-state index is 12.5. The molecule has 1 aromatic rings. The van der Waals surface area contributed by atoms with E-state index in [1.54, 1.807) is 31.5 Å². The number of anilines is 1. The Morgan fingerprint density at radius 2 is 2.04 bits per heavy atom. The van der Waals surface area contributed by atoms with E-state index in [-0.39, 0.29) is 23.5 Å². The minimum atomic E-state index is -3.07. The van der Waals surface area contributed by atoms with Gasteiger partial charge >= 0.3 is 5.97 Å². The molecule has 24 heavy (non-hydrogen) atoms. The number of aryl methyl sites for hydroxylation is 1. The monoisotopic (exact) mass is 355 g/mol. The lowest BCUT2D eigenvalue weighted by Crippen LogP contribution is -2.22. The van der Waals surface area contributed by atoms with Crippen LogP contribution in [0.15, 0.2) is 6.07 Å². The van der Waals surface area contributed by atoms with E-state index < -0.39 is 33.1 Å². The van der Waals surface area contributed by atoms with Crippen LogP contribution < -0.4 is 5.32 Å². The second kappa shape index (κ2) is 5.30. The molecule has 0 spiro atoms. The van der Waals surface area contributed by atoms with Gasteiger partial charge < -0.3 is 10.4 Å². The second-order valence-corrected chi connectivity index (χ2v) is 9.51. The van der Waals surface area contributed by atoms with E-state index in [1.807, 2.05) is 0 Å². The first-order chi connectivity index (χ1) is 11.0. The highest BCUT2D eigenvalue weighted by Gasteiger charge is 2.66. The maximum atomic E-state index is 12.5. The van der Waals surface area contributed by atoms with Crippen molar-refractivity contribution < 1.29 is 23.1 Å². The summed E-state index contributed by atoms with van der Waals surface area (Å²) in [6, 6.07) is 1.37. The summed E-state index contributed by atoms with van der Waals surface area (Å²) in [4.78, 5) is 23.7. The number of aliphatic carboxylic acids is 1. The average Bonchev–Trinajstić information content (AvgIpc) is 2.70. The molecule has 1 amide bonds. The van der Waals surface area contributed by atoms with Gasteiger partial charge in [-0.1, -0.05) is 13.8 Å². The molecule has 1 saturated carbocycles. The number of hydrogen-bond acceptors (Lipinski definition) is 5. The number of nitrogens with zero attached hydrogens (tertiary/aromatic N) is 2. The third-order valence-corrected chi connectivity index (χ3v) is 6.79. The van der Waals surface area contributed by atoms with Crippen LogP contribution in [0.3, 0.4) is 0 Å². The number of rotatable bonds is 4. The summed E-state index contributed by atoms with van der Waals surface area (Å²) in [5.41, 5.74) is 0.0754. The van der Waals surface area contributed by atoms with Crippen molar-refractivity contribution in [2.45, 2.75) is 33.2 Å². The van der Waals surface area contributed by atoms with E-state index in [0.29, 0.717) is 17.9 Å². The van der Waals surface area contributed by atoms with Gasteiger partial charge in [0.05, 0.1) is 35.1 Å². The molecule has 1 aliphatic carbocycles. The van der Waals surface area contributed by atoms with Crippen LogP contribution >= 0.6 is 0 Å². The van der Waals surface area contributed by atoms with Crippen molar-refractivity contribution in [3.05, 3.63) is 11.8 Å². The highest BCUT2D eigenvalue weighted by atomic mass is 32.2. The molecule has 0 unspecified atom stereocenters. The predicted octanol–water partition coefficient (Wildman–Crippen LogP) is 0.846. The summed E-state index contributed by atoms with van der Waals surface area (Å²) >= 11 is 0. The summed E-state index contributed by atoms with van der Waals surface area (Å²) in [6.45, 7) is 5.26. The van der Waals surface area contributed by atoms with E-state index in [0.717, 1.165) is 0 Å². The van der Waals surface area contributed by atoms with Gasteiger partial charge in [-0.3, -0.25) is 9.59 Å². The molecule has 0 radical (unpaired) electrons. The largest absolute Gasteiger partial charge is 0.481 e. The molecule has 2 heterocycles. The maximum Gasteiger partial charge on any atom is 0.307 e. The zero-order valence-electron chi connectivity index (χ0n) is 13.8. The van der Waals surface area contributed by atoms with E-state index in [9.17, 15) is 23.1 Å². The first-order valence-electron chi connectivity index (χ1n) is 7.83. The normalized spacial score (nSPS) is 30.0. The number of carboxylic acids is 1. The Morgan fingerprint density at radius 3 is 2.54 bits per heavy atom. The number of sulfone groups is 1. The van der Waals surface area contributed by atoms with Crippen molar-refractivity contribution in [3.8, 4) is 0 Å². The van der Waals surface area contributed by atoms with Gasteiger partial charge in [-0.15, -0.1) is 0 Å². The molecule has 8 nitrogen and oxygen atoms in total. The van der Waals surface area contributed by atoms with Crippen LogP contribution in [-0.2, 0) is 19.4 Å². The highest BCUT2D eigenvalue weighted by Crippen LogP contribution is 2.58. The first kappa shape index (κ1) is 16.9. The third kappa shape index (κ3) is 2.81. The van der Waals surface area contributed by atoms with E-state index in [2.05, 4.69) is 10.4 Å². The molecule has 2 aliphatic rings. The Labute approximate surface area is 140 Å². The van der Waals surface area contributed by atoms with Crippen LogP contribution in [0.1, 0.15) is 32.0 Å². The topological polar surface area (TPSA) is 118 Å². The second-order valence-electron chi connectivity index (χ2n) is 7.28. The quantitative estimate of drug-likeness (QED) is 0.826. The van der Waals surface area contributed by atoms with Gasteiger partial charge in [0.2, 0.25) is 5.91 Å². The zero-order chi connectivity index (χ0) is 17.9. The van der Waals surface area contributed by atoms with Crippen molar-refractivity contribution in [1.29, 1.82) is 0 Å². The molecule has 0 aromatic carbocycles. The molecule has 3 rings (SSSR count). The molecule has 1 aliphatic heterocycles. The van der Waals surface area contributed by atoms with Gasteiger partial charge in [0, 0.05) is 6.07 Å². The number of nitrogens with one attached hydrogen (secondary N) is 1. The Morgan fingerprint density at radius 1 is 1.38 bits per heavy atom. The summed E-state index contributed by atoms with van der Waals surface area (Å²) in [5.74, 6) is -2.12. The van der Waals surface area contributed by atoms with Crippen LogP contribution in [0, 0.1) is 24.2 Å². The molecule has 132 valence electrons. The average molecular weight is 355 g/mol. The van der Waals surface area contributed by atoms with Crippen LogP contribution in [0.25, 0.3) is 0 Å². The highest BCUT2D eigenvalue weighted by molar-refractivity contribution is 7.91. The lowest BCUT2D eigenvalue weighted by molar-refractivity contribution is -0.140. The number of carbonyl (C=O) groups excluding carboxylic acids is 1. The number of carbonyl (C=O) groups is 2. The number of carboxylic acid groups (broad SMARTS) is 1. The molecule has 3 atom stereocenters. The van der Waals surface area contributed by atoms with E-state index >= 15 is 0 Å². The van der Waals surface area contributed by atoms with Crippen molar-refractivity contribution in [1.82, 2.24) is 9.78 Å². The number of hydrogen-bond donors (Lipinski definition) is 2. The molecule has 2 N–H and O–H groups in total. The first-order valence-corrected chi connectivity index (χ1v) is 9.65. The fourth-order valence-corrected chi connectivity index (χ4v) is 5.34. The molecule has 1 aromatic heterocycles. The number of aromatic nitrogens is 2. The van der Waals surface area contributed by atoms with Gasteiger partial charge in [-0.05, 0) is 18.8 Å². The molecule has 2 fully saturated rings. The molecular weight excluding hydrogens is 334 g/mol. The van der Waals surface area contributed by atoms with Gasteiger partial charge in [-0.2, -0.15) is 5.10 Å². The lowest BCUT2D eigenvalue weighted by atomic mass is 10.1. The number of amides is 1. The van der Waals surface area contributed by atoms with Crippen molar-refractivity contribution in [3.63, 3.8) is 0 Å². The van der Waals surface area contributed by atoms with Crippen molar-refractivity contribution in [2.75, 3.05) is 16.8 Å². The molecule has 9 heteroatoms. The Hall–Kier alpha value is -1.90. The smallest absolute Gasteiger partial charge is 0.307 e. The van der Waals surface area contributed by atoms with Gasteiger partial charge in [0.25, 0.3) is 0 Å². The Bertz CT molecular complexity index is 811. The van der Waals surface area contributed by atoms with E-state index in [1.165, 1.54) is 0 Å². The van der Waals surface area contributed by atoms with Gasteiger partial charge in [0.1, 0.15) is 5.82 Å². The third-order valence-electron chi connectivity index (χ3n) is 5.04. The zero-order valence-corrected chi connectivity index (χ0v) is 14.6. The summed E-state index contributed by atoms with van der Waals surface area (Å²) in [6.07, 6.45) is 0.457. The fraction of sp³-hybridized carbons (Fsp3) is 0.667. The van der Waals surface area contributed by atoms with Crippen LogP contribution in [0.2, 0.25) is 0 Å².